The van der Waals surface area contributed by atoms with Gasteiger partial charge in [-0.2, -0.15) is 0 Å². The molecule has 0 aliphatic heterocycles. The first-order valence-electron chi connectivity index (χ1n) is 11.2. The molecule has 0 saturated carbocycles. The van der Waals surface area contributed by atoms with Crippen LogP contribution >= 0.6 is 22.9 Å². The molecule has 0 fully saturated rings. The average Bonchev–Trinajstić information content (AvgIpc) is 3.45. The number of amides is 1. The van der Waals surface area contributed by atoms with E-state index in [1.54, 1.807) is 11.3 Å². The number of nitrogens with zero attached hydrogens (tertiary/aromatic N) is 3. The number of hydrogen-bond acceptors (Lipinski definition) is 3. The number of rotatable bonds is 8. The smallest absolute Gasteiger partial charge is 0.228 e. The van der Waals surface area contributed by atoms with Gasteiger partial charge in [0.15, 0.2) is 4.96 Å². The van der Waals surface area contributed by atoms with Gasteiger partial charge in [-0.05, 0) is 29.7 Å². The third kappa shape index (κ3) is 5.22. The molecule has 2 heterocycles. The molecule has 0 bridgehead atoms. The lowest BCUT2D eigenvalue weighted by atomic mass is 10.1. The van der Waals surface area contributed by atoms with E-state index in [1.165, 1.54) is 5.56 Å². The van der Waals surface area contributed by atoms with Gasteiger partial charge in [0.2, 0.25) is 5.91 Å². The van der Waals surface area contributed by atoms with E-state index in [1.807, 2.05) is 81.5 Å². The van der Waals surface area contributed by atoms with Gasteiger partial charge in [0.05, 0.1) is 12.1 Å². The molecule has 5 rings (SSSR count). The number of thiazole rings is 1. The minimum Gasteiger partial charge on any atom is -0.338 e. The maximum Gasteiger partial charge on any atom is 0.228 e. The Balaban J connectivity index is 1.35. The fourth-order valence-corrected chi connectivity index (χ4v) is 4.99. The SMILES string of the molecule is O=C(Cc1csc2nc(-c3ccc(Cl)cc3)cn12)N(CCc1ccccc1)Cc1ccccc1. The molecule has 2 aromatic heterocycles. The normalized spacial score (nSPS) is 11.1. The topological polar surface area (TPSA) is 37.6 Å². The Bertz CT molecular complexity index is 1380. The summed E-state index contributed by atoms with van der Waals surface area (Å²) in [7, 11) is 0. The van der Waals surface area contributed by atoms with Crippen molar-refractivity contribution in [2.75, 3.05) is 6.54 Å². The first-order valence-corrected chi connectivity index (χ1v) is 12.5. The molecule has 0 atom stereocenters. The second-order valence-electron chi connectivity index (χ2n) is 8.23. The molecule has 34 heavy (non-hydrogen) atoms. The van der Waals surface area contributed by atoms with Crippen molar-refractivity contribution in [2.45, 2.75) is 19.4 Å². The lowest BCUT2D eigenvalue weighted by molar-refractivity contribution is -0.131. The second-order valence-corrected chi connectivity index (χ2v) is 9.50. The Morgan fingerprint density at radius 3 is 2.29 bits per heavy atom. The summed E-state index contributed by atoms with van der Waals surface area (Å²) < 4.78 is 2.03. The van der Waals surface area contributed by atoms with Gasteiger partial charge < -0.3 is 4.90 Å². The van der Waals surface area contributed by atoms with Crippen molar-refractivity contribution in [1.29, 1.82) is 0 Å². The summed E-state index contributed by atoms with van der Waals surface area (Å²) in [5, 5.41) is 2.73. The van der Waals surface area contributed by atoms with Crippen LogP contribution in [-0.4, -0.2) is 26.7 Å². The molecule has 170 valence electrons. The van der Waals surface area contributed by atoms with Gasteiger partial charge in [0.25, 0.3) is 0 Å². The number of carbonyl (C=O) groups is 1. The second kappa shape index (κ2) is 10.2. The zero-order valence-electron chi connectivity index (χ0n) is 18.6. The van der Waals surface area contributed by atoms with Crippen LogP contribution in [0.4, 0.5) is 0 Å². The predicted octanol–water partition coefficient (Wildman–Crippen LogP) is 6.53. The molecule has 0 aliphatic rings. The standard InChI is InChI=1S/C28H24ClN3OS/c29-24-13-11-23(12-14-24)26-19-32-25(20-34-28(32)30-26)17-27(33)31(18-22-9-5-2-6-10-22)16-15-21-7-3-1-4-8-21/h1-14,19-20H,15-18H2. The summed E-state index contributed by atoms with van der Waals surface area (Å²) in [5.74, 6) is 0.112. The maximum absolute atomic E-state index is 13.5. The molecule has 0 N–H and O–H groups in total. The summed E-state index contributed by atoms with van der Waals surface area (Å²) >= 11 is 7.58. The Hall–Kier alpha value is -3.41. The lowest BCUT2D eigenvalue weighted by Gasteiger charge is -2.23. The van der Waals surface area contributed by atoms with Gasteiger partial charge in [-0.3, -0.25) is 9.20 Å². The molecule has 4 nitrogen and oxygen atoms in total. The van der Waals surface area contributed by atoms with Gasteiger partial charge in [0, 0.05) is 40.9 Å². The van der Waals surface area contributed by atoms with Crippen molar-refractivity contribution in [3.8, 4) is 11.3 Å². The number of hydrogen-bond donors (Lipinski definition) is 0. The van der Waals surface area contributed by atoms with E-state index in [2.05, 4.69) is 24.3 Å². The van der Waals surface area contributed by atoms with Crippen LogP contribution in [0.3, 0.4) is 0 Å². The molecular formula is C28H24ClN3OS. The fraction of sp³-hybridized carbons (Fsp3) is 0.143. The van der Waals surface area contributed by atoms with Gasteiger partial charge in [-0.1, -0.05) is 84.4 Å². The highest BCUT2D eigenvalue weighted by molar-refractivity contribution is 7.15. The molecule has 0 spiro atoms. The Labute approximate surface area is 208 Å². The van der Waals surface area contributed by atoms with E-state index >= 15 is 0 Å². The molecule has 6 heteroatoms. The maximum atomic E-state index is 13.5. The molecule has 0 radical (unpaired) electrons. The monoisotopic (exact) mass is 485 g/mol. The Kier molecular flexibility index (Phi) is 6.74. The summed E-state index contributed by atoms with van der Waals surface area (Å²) in [6, 6.07) is 28.1. The van der Waals surface area contributed by atoms with Crippen molar-refractivity contribution in [2.24, 2.45) is 0 Å². The molecule has 5 aromatic rings. The first kappa shape index (κ1) is 22.4. The summed E-state index contributed by atoms with van der Waals surface area (Å²) in [6.45, 7) is 1.27. The highest BCUT2D eigenvalue weighted by Gasteiger charge is 2.18. The number of benzene rings is 3. The fourth-order valence-electron chi connectivity index (χ4n) is 3.99. The van der Waals surface area contributed by atoms with Crippen LogP contribution in [0.5, 0.6) is 0 Å². The van der Waals surface area contributed by atoms with E-state index in [0.717, 1.165) is 33.9 Å². The molecule has 0 aliphatic carbocycles. The molecule has 0 saturated heterocycles. The van der Waals surface area contributed by atoms with Gasteiger partial charge >= 0.3 is 0 Å². The number of aromatic nitrogens is 2. The zero-order valence-corrected chi connectivity index (χ0v) is 20.2. The molecule has 1 amide bonds. The highest BCUT2D eigenvalue weighted by Crippen LogP contribution is 2.25. The van der Waals surface area contributed by atoms with E-state index in [4.69, 9.17) is 16.6 Å². The van der Waals surface area contributed by atoms with Crippen LogP contribution in [0.2, 0.25) is 5.02 Å². The number of fused-ring (bicyclic) bond motifs is 1. The van der Waals surface area contributed by atoms with Crippen molar-refractivity contribution in [3.63, 3.8) is 0 Å². The van der Waals surface area contributed by atoms with Gasteiger partial charge in [-0.25, -0.2) is 4.98 Å². The lowest BCUT2D eigenvalue weighted by Crippen LogP contribution is -2.34. The summed E-state index contributed by atoms with van der Waals surface area (Å²) in [6.07, 6.45) is 3.16. The largest absolute Gasteiger partial charge is 0.338 e. The summed E-state index contributed by atoms with van der Waals surface area (Å²) in [5.41, 5.74) is 5.20. The van der Waals surface area contributed by atoms with Crippen LogP contribution in [0.1, 0.15) is 16.8 Å². The Morgan fingerprint density at radius 1 is 0.912 bits per heavy atom. The van der Waals surface area contributed by atoms with E-state index in [0.29, 0.717) is 24.5 Å². The minimum atomic E-state index is 0.112. The molecular weight excluding hydrogens is 462 g/mol. The first-order chi connectivity index (χ1) is 16.7. The van der Waals surface area contributed by atoms with Crippen molar-refractivity contribution in [1.82, 2.24) is 14.3 Å². The summed E-state index contributed by atoms with van der Waals surface area (Å²) in [4.78, 5) is 21.1. The van der Waals surface area contributed by atoms with Crippen LogP contribution in [0, 0.1) is 0 Å². The third-order valence-electron chi connectivity index (χ3n) is 5.84. The third-order valence-corrected chi connectivity index (χ3v) is 6.98. The van der Waals surface area contributed by atoms with Crippen LogP contribution < -0.4 is 0 Å². The minimum absolute atomic E-state index is 0.112. The van der Waals surface area contributed by atoms with Gasteiger partial charge in [-0.15, -0.1) is 11.3 Å². The van der Waals surface area contributed by atoms with Gasteiger partial charge in [0.1, 0.15) is 0 Å². The van der Waals surface area contributed by atoms with Crippen LogP contribution in [0.25, 0.3) is 16.2 Å². The van der Waals surface area contributed by atoms with Crippen molar-refractivity contribution < 1.29 is 4.79 Å². The molecule has 0 unspecified atom stereocenters. The number of halogens is 1. The van der Waals surface area contributed by atoms with Crippen LogP contribution in [0.15, 0.2) is 96.5 Å². The van der Waals surface area contributed by atoms with Crippen LogP contribution in [-0.2, 0) is 24.2 Å². The molecule has 3 aromatic carbocycles. The van der Waals surface area contributed by atoms with Crippen molar-refractivity contribution in [3.05, 3.63) is 118 Å². The van der Waals surface area contributed by atoms with Crippen molar-refractivity contribution >= 4 is 33.8 Å². The predicted molar refractivity (Wildman–Crippen MR) is 139 cm³/mol. The van der Waals surface area contributed by atoms with E-state index in [-0.39, 0.29) is 5.91 Å². The quantitative estimate of drug-likeness (QED) is 0.250. The zero-order chi connectivity index (χ0) is 23.3. The van der Waals surface area contributed by atoms with E-state index in [9.17, 15) is 4.79 Å². The number of imidazole rings is 1. The highest BCUT2D eigenvalue weighted by atomic mass is 35.5. The average molecular weight is 486 g/mol. The number of carbonyl (C=O) groups excluding carboxylic acids is 1. The Morgan fingerprint density at radius 2 is 1.59 bits per heavy atom. The van der Waals surface area contributed by atoms with E-state index < -0.39 is 0 Å².